The Balaban J connectivity index is 1.45. The van der Waals surface area contributed by atoms with E-state index in [4.69, 9.17) is 4.74 Å². The number of carbonyl (C=O) groups excluding carboxylic acids is 1. The Bertz CT molecular complexity index is 930. The molecule has 3 heterocycles. The van der Waals surface area contributed by atoms with Crippen molar-refractivity contribution in [1.82, 2.24) is 29.6 Å². The highest BCUT2D eigenvalue weighted by Crippen LogP contribution is 2.21. The van der Waals surface area contributed by atoms with Crippen molar-refractivity contribution in [2.24, 2.45) is 7.05 Å². The molecule has 9 heteroatoms. The van der Waals surface area contributed by atoms with Gasteiger partial charge < -0.3 is 19.5 Å². The second-order valence-corrected chi connectivity index (χ2v) is 6.60. The van der Waals surface area contributed by atoms with Gasteiger partial charge in [0.2, 0.25) is 5.95 Å². The first-order chi connectivity index (χ1) is 13.7. The van der Waals surface area contributed by atoms with Crippen molar-refractivity contribution < 1.29 is 9.53 Å². The van der Waals surface area contributed by atoms with E-state index in [1.54, 1.807) is 23.3 Å². The van der Waals surface area contributed by atoms with E-state index >= 15 is 0 Å². The Hall–Kier alpha value is -3.20. The van der Waals surface area contributed by atoms with Gasteiger partial charge in [-0.25, -0.2) is 9.67 Å². The molecule has 0 atom stereocenters. The Labute approximate surface area is 163 Å². The monoisotopic (exact) mass is 381 g/mol. The smallest absolute Gasteiger partial charge is 0.251 e. The number of benzene rings is 1. The van der Waals surface area contributed by atoms with E-state index in [2.05, 4.69) is 25.3 Å². The summed E-state index contributed by atoms with van der Waals surface area (Å²) in [6.07, 6.45) is 5.31. The molecule has 4 rings (SSSR count). The van der Waals surface area contributed by atoms with E-state index in [-0.39, 0.29) is 5.91 Å². The molecule has 0 spiro atoms. The van der Waals surface area contributed by atoms with Crippen molar-refractivity contribution in [1.29, 1.82) is 0 Å². The van der Waals surface area contributed by atoms with Gasteiger partial charge in [-0.2, -0.15) is 4.98 Å². The molecule has 1 aliphatic rings. The summed E-state index contributed by atoms with van der Waals surface area (Å²) in [5, 5.41) is 7.46. The highest BCUT2D eigenvalue weighted by Gasteiger charge is 2.19. The molecule has 1 aliphatic heterocycles. The van der Waals surface area contributed by atoms with Crippen molar-refractivity contribution in [3.05, 3.63) is 48.5 Å². The number of ether oxygens (including phenoxy) is 1. The molecule has 28 heavy (non-hydrogen) atoms. The molecule has 0 unspecified atom stereocenters. The van der Waals surface area contributed by atoms with Crippen molar-refractivity contribution in [2.75, 3.05) is 37.7 Å². The summed E-state index contributed by atoms with van der Waals surface area (Å²) in [6.45, 7) is 4.18. The molecule has 0 bridgehead atoms. The molecular weight excluding hydrogens is 358 g/mol. The molecule has 2 aromatic heterocycles. The summed E-state index contributed by atoms with van der Waals surface area (Å²) in [5.74, 6) is 1.30. The summed E-state index contributed by atoms with van der Waals surface area (Å²) in [4.78, 5) is 23.3. The zero-order valence-electron chi connectivity index (χ0n) is 15.8. The minimum absolute atomic E-state index is 0.119. The molecule has 146 valence electrons. The number of anilines is 1. The van der Waals surface area contributed by atoms with Crippen LogP contribution in [0.3, 0.4) is 0 Å². The van der Waals surface area contributed by atoms with Crippen molar-refractivity contribution in [2.45, 2.75) is 6.54 Å². The standard InChI is InChI=1S/C19H23N7O2/c1-24-19(26-9-11-28-12-10-26)22-17(23-24)15-3-2-4-16(13-15)18(27)21-6-8-25-7-5-20-14-25/h2-5,7,13-14H,6,8-12H2,1H3,(H,21,27). The fourth-order valence-corrected chi connectivity index (χ4v) is 3.16. The first-order valence-electron chi connectivity index (χ1n) is 9.29. The van der Waals surface area contributed by atoms with Crippen LogP contribution in [0.15, 0.2) is 43.0 Å². The number of morpholine rings is 1. The van der Waals surface area contributed by atoms with Crippen LogP contribution in [0.1, 0.15) is 10.4 Å². The Morgan fingerprint density at radius 1 is 1.29 bits per heavy atom. The van der Waals surface area contributed by atoms with Gasteiger partial charge in [-0.1, -0.05) is 12.1 Å². The molecule has 1 saturated heterocycles. The van der Waals surface area contributed by atoms with Crippen LogP contribution >= 0.6 is 0 Å². The number of hydrogen-bond donors (Lipinski definition) is 1. The lowest BCUT2D eigenvalue weighted by molar-refractivity contribution is 0.0952. The lowest BCUT2D eigenvalue weighted by atomic mass is 10.1. The fraction of sp³-hybridized carbons (Fsp3) is 0.368. The molecule has 0 radical (unpaired) electrons. The zero-order chi connectivity index (χ0) is 19.3. The Morgan fingerprint density at radius 2 is 2.14 bits per heavy atom. The van der Waals surface area contributed by atoms with Crippen LogP contribution < -0.4 is 10.2 Å². The first kappa shape index (κ1) is 18.2. The molecule has 1 amide bonds. The van der Waals surface area contributed by atoms with Gasteiger partial charge in [0.25, 0.3) is 5.91 Å². The maximum Gasteiger partial charge on any atom is 0.251 e. The van der Waals surface area contributed by atoms with E-state index in [9.17, 15) is 4.79 Å². The quantitative estimate of drug-likeness (QED) is 0.684. The molecule has 3 aromatic rings. The maximum atomic E-state index is 12.5. The average Bonchev–Trinajstić information content (AvgIpc) is 3.38. The topological polar surface area (TPSA) is 90.1 Å². The number of nitrogens with zero attached hydrogens (tertiary/aromatic N) is 6. The maximum absolute atomic E-state index is 12.5. The van der Waals surface area contributed by atoms with E-state index in [1.807, 2.05) is 36.0 Å². The van der Waals surface area contributed by atoms with Crippen LogP contribution in [-0.4, -0.2) is 63.1 Å². The first-order valence-corrected chi connectivity index (χ1v) is 9.29. The summed E-state index contributed by atoms with van der Waals surface area (Å²) < 4.78 is 9.10. The Morgan fingerprint density at radius 3 is 2.93 bits per heavy atom. The van der Waals surface area contributed by atoms with Crippen LogP contribution in [-0.2, 0) is 18.3 Å². The second-order valence-electron chi connectivity index (χ2n) is 6.60. The van der Waals surface area contributed by atoms with Crippen LogP contribution in [0, 0.1) is 0 Å². The third kappa shape index (κ3) is 4.04. The third-order valence-corrected chi connectivity index (χ3v) is 4.63. The number of carbonyl (C=O) groups is 1. The van der Waals surface area contributed by atoms with Crippen LogP contribution in [0.25, 0.3) is 11.4 Å². The van der Waals surface area contributed by atoms with Crippen molar-refractivity contribution in [3.63, 3.8) is 0 Å². The van der Waals surface area contributed by atoms with Gasteiger partial charge in [-0.3, -0.25) is 4.79 Å². The van der Waals surface area contributed by atoms with Gasteiger partial charge in [0.1, 0.15) is 0 Å². The summed E-state index contributed by atoms with van der Waals surface area (Å²) in [5.41, 5.74) is 1.40. The summed E-state index contributed by atoms with van der Waals surface area (Å²) in [7, 11) is 1.88. The molecule has 9 nitrogen and oxygen atoms in total. The Kier molecular flexibility index (Phi) is 5.34. The van der Waals surface area contributed by atoms with Crippen molar-refractivity contribution >= 4 is 11.9 Å². The van der Waals surface area contributed by atoms with Crippen LogP contribution in [0.2, 0.25) is 0 Å². The highest BCUT2D eigenvalue weighted by atomic mass is 16.5. The molecule has 1 N–H and O–H groups in total. The van der Waals surface area contributed by atoms with E-state index < -0.39 is 0 Å². The van der Waals surface area contributed by atoms with Crippen molar-refractivity contribution in [3.8, 4) is 11.4 Å². The minimum Gasteiger partial charge on any atom is -0.378 e. The fourth-order valence-electron chi connectivity index (χ4n) is 3.16. The van der Waals surface area contributed by atoms with Gasteiger partial charge in [0, 0.05) is 56.7 Å². The number of imidazole rings is 1. The lowest BCUT2D eigenvalue weighted by Gasteiger charge is -2.26. The molecule has 1 fully saturated rings. The number of rotatable bonds is 6. The number of nitrogens with one attached hydrogen (secondary N) is 1. The summed E-state index contributed by atoms with van der Waals surface area (Å²) in [6, 6.07) is 7.39. The minimum atomic E-state index is -0.119. The molecule has 1 aromatic carbocycles. The third-order valence-electron chi connectivity index (χ3n) is 4.63. The molecule has 0 saturated carbocycles. The number of amides is 1. The normalized spacial score (nSPS) is 14.2. The van der Waals surface area contributed by atoms with Gasteiger partial charge >= 0.3 is 0 Å². The average molecular weight is 381 g/mol. The lowest BCUT2D eigenvalue weighted by Crippen LogP contribution is -2.37. The van der Waals surface area contributed by atoms with Gasteiger partial charge in [0.15, 0.2) is 5.82 Å². The SMILES string of the molecule is Cn1nc(-c2cccc(C(=O)NCCn3ccnc3)c2)nc1N1CCOCC1. The van der Waals surface area contributed by atoms with Gasteiger partial charge in [-0.15, -0.1) is 5.10 Å². The number of hydrogen-bond acceptors (Lipinski definition) is 6. The predicted molar refractivity (Wildman–Crippen MR) is 104 cm³/mol. The number of aryl methyl sites for hydroxylation is 1. The van der Waals surface area contributed by atoms with E-state index in [0.717, 1.165) is 24.6 Å². The highest BCUT2D eigenvalue weighted by molar-refractivity contribution is 5.95. The predicted octanol–water partition coefficient (Wildman–Crippen LogP) is 0.945. The van der Waals surface area contributed by atoms with Gasteiger partial charge in [0.05, 0.1) is 19.5 Å². The summed E-state index contributed by atoms with van der Waals surface area (Å²) >= 11 is 0. The molecular formula is C19H23N7O2. The number of aromatic nitrogens is 5. The van der Waals surface area contributed by atoms with Crippen LogP contribution in [0.5, 0.6) is 0 Å². The molecule has 0 aliphatic carbocycles. The van der Waals surface area contributed by atoms with Gasteiger partial charge in [-0.05, 0) is 12.1 Å². The van der Waals surface area contributed by atoms with E-state index in [1.165, 1.54) is 0 Å². The largest absolute Gasteiger partial charge is 0.378 e. The van der Waals surface area contributed by atoms with Crippen LogP contribution in [0.4, 0.5) is 5.95 Å². The zero-order valence-corrected chi connectivity index (χ0v) is 15.8. The second kappa shape index (κ2) is 8.22. The van der Waals surface area contributed by atoms with E-state index in [0.29, 0.717) is 37.7 Å².